The van der Waals surface area contributed by atoms with Gasteiger partial charge in [-0.2, -0.15) is 0 Å². The van der Waals surface area contributed by atoms with Gasteiger partial charge >= 0.3 is 0 Å². The Balaban J connectivity index is 2.37. The number of carbonyl (C=O) groups excluding carboxylic acids is 1. The fourth-order valence-electron chi connectivity index (χ4n) is 1.84. The summed E-state index contributed by atoms with van der Waals surface area (Å²) in [5, 5.41) is 0. The highest BCUT2D eigenvalue weighted by Crippen LogP contribution is 2.29. The molecule has 116 valence electrons. The molecule has 0 saturated carbocycles. The van der Waals surface area contributed by atoms with Crippen molar-refractivity contribution in [2.75, 3.05) is 11.0 Å². The summed E-state index contributed by atoms with van der Waals surface area (Å²) in [6.45, 7) is 1.33. The summed E-state index contributed by atoms with van der Waals surface area (Å²) in [5.74, 6) is -1.75. The Bertz CT molecular complexity index is 729. The molecule has 2 rings (SSSR count). The van der Waals surface area contributed by atoms with Crippen LogP contribution in [0.25, 0.3) is 0 Å². The minimum Gasteiger partial charge on any atom is -0.456 e. The number of hydrogen-bond donors (Lipinski definition) is 1. The lowest BCUT2D eigenvalue weighted by molar-refractivity contribution is 0.101. The van der Waals surface area contributed by atoms with Gasteiger partial charge in [0, 0.05) is 30.1 Å². The highest BCUT2D eigenvalue weighted by molar-refractivity contribution is 7.85. The van der Waals surface area contributed by atoms with E-state index in [0.717, 1.165) is 18.2 Å². The van der Waals surface area contributed by atoms with Crippen molar-refractivity contribution in [2.45, 2.75) is 6.92 Å². The molecule has 2 aromatic rings. The van der Waals surface area contributed by atoms with Crippen LogP contribution in [0.3, 0.4) is 0 Å². The van der Waals surface area contributed by atoms with Crippen LogP contribution in [0.4, 0.5) is 14.5 Å². The summed E-state index contributed by atoms with van der Waals surface area (Å²) in [6.07, 6.45) is 1.45. The first-order valence-corrected chi connectivity index (χ1v) is 7.80. The van der Waals surface area contributed by atoms with Gasteiger partial charge in [-0.25, -0.2) is 13.0 Å². The molecule has 4 nitrogen and oxygen atoms in total. The monoisotopic (exact) mass is 325 g/mol. The first-order chi connectivity index (χ1) is 10.3. The second-order valence-electron chi connectivity index (χ2n) is 4.53. The third kappa shape index (κ3) is 4.11. The Morgan fingerprint density at radius 2 is 1.77 bits per heavy atom. The minimum absolute atomic E-state index is 0.0558. The smallest absolute Gasteiger partial charge is 0.163 e. The number of Topliss-reactive ketones (excluding diaryl/α,β-unsaturated/α-hetero) is 1. The van der Waals surface area contributed by atoms with Gasteiger partial charge in [0.05, 0.1) is 5.56 Å². The molecule has 0 fully saturated rings. The molecule has 0 aliphatic carbocycles. The zero-order valence-electron chi connectivity index (χ0n) is 11.9. The zero-order valence-corrected chi connectivity index (χ0v) is 12.7. The van der Waals surface area contributed by atoms with Gasteiger partial charge in [0.1, 0.15) is 34.1 Å². The highest BCUT2D eigenvalue weighted by Gasteiger charge is 2.12. The van der Waals surface area contributed by atoms with Crippen LogP contribution in [0.5, 0.6) is 11.5 Å². The van der Waals surface area contributed by atoms with Crippen molar-refractivity contribution in [2.24, 2.45) is 0 Å². The van der Waals surface area contributed by atoms with Gasteiger partial charge in [-0.3, -0.25) is 4.79 Å². The second-order valence-corrected chi connectivity index (χ2v) is 5.64. The number of nitrogens with one attached hydrogen (secondary N) is 1. The maximum Gasteiger partial charge on any atom is 0.163 e. The number of hydrogen-bond acceptors (Lipinski definition) is 3. The number of rotatable bonds is 5. The molecule has 7 heteroatoms. The predicted octanol–water partition coefficient (Wildman–Crippen LogP) is 3.67. The van der Waals surface area contributed by atoms with Gasteiger partial charge in [0.15, 0.2) is 5.78 Å². The van der Waals surface area contributed by atoms with E-state index in [1.54, 1.807) is 6.07 Å². The van der Waals surface area contributed by atoms with E-state index in [1.807, 2.05) is 0 Å². The van der Waals surface area contributed by atoms with Crippen LogP contribution in [0.15, 0.2) is 36.4 Å². The molecule has 22 heavy (non-hydrogen) atoms. The summed E-state index contributed by atoms with van der Waals surface area (Å²) < 4.78 is 45.5. The zero-order chi connectivity index (χ0) is 16.3. The van der Waals surface area contributed by atoms with Crippen LogP contribution in [-0.4, -0.2) is 16.2 Å². The SMILES string of the molecule is CC(=O)c1cc(NS(C)=O)ccc1Oc1cc(F)cc(F)c1. The van der Waals surface area contributed by atoms with Gasteiger partial charge in [-0.15, -0.1) is 0 Å². The van der Waals surface area contributed by atoms with Crippen LogP contribution in [0.1, 0.15) is 17.3 Å². The molecular formula is C15H13F2NO3S. The van der Waals surface area contributed by atoms with E-state index in [4.69, 9.17) is 4.74 Å². The molecule has 0 bridgehead atoms. The fourth-order valence-corrected chi connectivity index (χ4v) is 2.30. The lowest BCUT2D eigenvalue weighted by Gasteiger charge is -2.12. The normalized spacial score (nSPS) is 11.8. The minimum atomic E-state index is -1.29. The van der Waals surface area contributed by atoms with Crippen LogP contribution in [0, 0.1) is 11.6 Å². The van der Waals surface area contributed by atoms with Gasteiger partial charge in [0.25, 0.3) is 0 Å². The fraction of sp³-hybridized carbons (Fsp3) is 0.133. The largest absolute Gasteiger partial charge is 0.456 e. The second kappa shape index (κ2) is 6.65. The molecule has 0 spiro atoms. The molecular weight excluding hydrogens is 312 g/mol. The number of anilines is 1. The number of halogens is 2. The van der Waals surface area contributed by atoms with E-state index in [9.17, 15) is 17.8 Å². The topological polar surface area (TPSA) is 55.4 Å². The van der Waals surface area contributed by atoms with Gasteiger partial charge in [-0.1, -0.05) is 0 Å². The van der Waals surface area contributed by atoms with E-state index < -0.39 is 22.6 Å². The Kier molecular flexibility index (Phi) is 4.87. The third-order valence-corrected chi connectivity index (χ3v) is 3.21. The van der Waals surface area contributed by atoms with Crippen LogP contribution in [-0.2, 0) is 11.0 Å². The summed E-state index contributed by atoms with van der Waals surface area (Å²) in [7, 11) is -1.29. The Morgan fingerprint density at radius 3 is 2.32 bits per heavy atom. The molecule has 0 radical (unpaired) electrons. The number of ether oxygens (including phenoxy) is 1. The van der Waals surface area contributed by atoms with E-state index >= 15 is 0 Å². The van der Waals surface area contributed by atoms with Crippen molar-refractivity contribution in [3.05, 3.63) is 53.6 Å². The predicted molar refractivity (Wildman–Crippen MR) is 80.6 cm³/mol. The van der Waals surface area contributed by atoms with Gasteiger partial charge in [0.2, 0.25) is 0 Å². The van der Waals surface area contributed by atoms with E-state index in [1.165, 1.54) is 25.3 Å². The Hall–Kier alpha value is -2.28. The molecule has 0 aromatic heterocycles. The van der Waals surface area contributed by atoms with Gasteiger partial charge in [-0.05, 0) is 25.1 Å². The van der Waals surface area contributed by atoms with Crippen molar-refractivity contribution in [3.8, 4) is 11.5 Å². The molecule has 0 aliphatic rings. The lowest BCUT2D eigenvalue weighted by Crippen LogP contribution is -2.04. The highest BCUT2D eigenvalue weighted by atomic mass is 32.2. The van der Waals surface area contributed by atoms with Crippen molar-refractivity contribution < 1.29 is 22.5 Å². The molecule has 0 heterocycles. The first-order valence-electron chi connectivity index (χ1n) is 6.24. The Morgan fingerprint density at radius 1 is 1.14 bits per heavy atom. The summed E-state index contributed by atoms with van der Waals surface area (Å²) in [5.41, 5.74) is 0.684. The summed E-state index contributed by atoms with van der Waals surface area (Å²) >= 11 is 0. The molecule has 0 saturated heterocycles. The van der Waals surface area contributed by atoms with Crippen LogP contribution in [0.2, 0.25) is 0 Å². The number of carbonyl (C=O) groups is 1. The van der Waals surface area contributed by atoms with Crippen LogP contribution < -0.4 is 9.46 Å². The molecule has 1 N–H and O–H groups in total. The molecule has 1 unspecified atom stereocenters. The van der Waals surface area contributed by atoms with Crippen molar-refractivity contribution in [1.29, 1.82) is 0 Å². The average Bonchev–Trinajstić information content (AvgIpc) is 2.38. The van der Waals surface area contributed by atoms with E-state index in [2.05, 4.69) is 4.72 Å². The quantitative estimate of drug-likeness (QED) is 0.854. The first kappa shape index (κ1) is 16.1. The molecule has 2 aromatic carbocycles. The molecule has 0 aliphatic heterocycles. The van der Waals surface area contributed by atoms with E-state index in [0.29, 0.717) is 5.69 Å². The summed E-state index contributed by atoms with van der Waals surface area (Å²) in [4.78, 5) is 11.7. The maximum absolute atomic E-state index is 13.2. The van der Waals surface area contributed by atoms with Crippen molar-refractivity contribution >= 4 is 22.5 Å². The lowest BCUT2D eigenvalue weighted by atomic mass is 10.1. The van der Waals surface area contributed by atoms with Crippen molar-refractivity contribution in [3.63, 3.8) is 0 Å². The standard InChI is InChI=1S/C15H13F2NO3S/c1-9(19)14-8-12(18-22(2)20)3-4-15(14)21-13-6-10(16)5-11(17)7-13/h3-8,18H,1-2H3. The van der Waals surface area contributed by atoms with Crippen molar-refractivity contribution in [1.82, 2.24) is 0 Å². The Labute approximate surface area is 128 Å². The van der Waals surface area contributed by atoms with Crippen LogP contribution >= 0.6 is 0 Å². The molecule has 0 amide bonds. The third-order valence-electron chi connectivity index (χ3n) is 2.68. The number of ketones is 1. The molecule has 1 atom stereocenters. The van der Waals surface area contributed by atoms with E-state index in [-0.39, 0.29) is 22.8 Å². The number of benzene rings is 2. The van der Waals surface area contributed by atoms with Gasteiger partial charge < -0.3 is 9.46 Å². The average molecular weight is 325 g/mol. The summed E-state index contributed by atoms with van der Waals surface area (Å²) in [6, 6.07) is 7.24. The maximum atomic E-state index is 13.2.